The summed E-state index contributed by atoms with van der Waals surface area (Å²) in [4.78, 5) is 14.6. The van der Waals surface area contributed by atoms with E-state index in [4.69, 9.17) is 29.0 Å². The number of methoxy groups -OCH3 is 2. The Hall–Kier alpha value is -2.88. The molecule has 4 unspecified atom stereocenters. The van der Waals surface area contributed by atoms with Crippen LogP contribution >= 0.6 is 8.60 Å². The van der Waals surface area contributed by atoms with E-state index in [0.29, 0.717) is 34.9 Å². The molecule has 0 spiro atoms. The van der Waals surface area contributed by atoms with Crippen molar-refractivity contribution in [2.24, 2.45) is 0 Å². The van der Waals surface area contributed by atoms with Crippen molar-refractivity contribution in [3.8, 4) is 11.8 Å². The number of nitrogens with two attached hydrogens (primary N) is 1. The van der Waals surface area contributed by atoms with Crippen LogP contribution < -0.4 is 10.5 Å². The van der Waals surface area contributed by atoms with Crippen LogP contribution in [0.2, 0.25) is 0 Å². The van der Waals surface area contributed by atoms with Gasteiger partial charge in [0.25, 0.3) is 0 Å². The van der Waals surface area contributed by atoms with E-state index >= 15 is 0 Å². The molecule has 0 aliphatic carbocycles. The van der Waals surface area contributed by atoms with Crippen molar-refractivity contribution >= 4 is 19.9 Å². The predicted molar refractivity (Wildman–Crippen MR) is 214 cm³/mol. The molecule has 2 heterocycles. The average Bonchev–Trinajstić information content (AvgIpc) is 3.64. The molecule has 13 heteroatoms. The average molecular weight is 772 g/mol. The maximum Gasteiger partial charge on any atom is 0.330 e. The van der Waals surface area contributed by atoms with Crippen LogP contribution in [0.1, 0.15) is 152 Å². The number of aromatic nitrogens is 3. The molecule has 1 aromatic carbocycles. The number of benzene rings is 1. The summed E-state index contributed by atoms with van der Waals surface area (Å²) in [6.45, 7) is 2.77. The summed E-state index contributed by atoms with van der Waals surface area (Å²) in [6.07, 6.45) is 23.0. The molecule has 4 atom stereocenters. The largest absolute Gasteiger partial charge is 0.495 e. The zero-order chi connectivity index (χ0) is 38.8. The van der Waals surface area contributed by atoms with Gasteiger partial charge in [-0.05, 0) is 36.2 Å². The third kappa shape index (κ3) is 17.3. The SMILES string of the molecule is CCCCCCCCCCCCCCCCCCCC(COP(O)OCC(CC(O)c1ccc2c(N)ncnn12)OC)OCc1ccc(C#N)c(OC)c1. The Morgan fingerprint density at radius 1 is 0.833 bits per heavy atom. The Kier molecular flexibility index (Phi) is 23.3. The molecule has 12 nitrogen and oxygen atoms in total. The maximum absolute atomic E-state index is 10.9. The smallest absolute Gasteiger partial charge is 0.330 e. The Morgan fingerprint density at radius 2 is 1.43 bits per heavy atom. The Morgan fingerprint density at radius 3 is 2.00 bits per heavy atom. The Balaban J connectivity index is 1.37. The van der Waals surface area contributed by atoms with Crippen LogP contribution in [0.15, 0.2) is 36.7 Å². The van der Waals surface area contributed by atoms with Gasteiger partial charge in [-0.15, -0.1) is 0 Å². The number of nitriles is 1. The first-order valence-corrected chi connectivity index (χ1v) is 21.3. The minimum absolute atomic E-state index is 0.0198. The van der Waals surface area contributed by atoms with Gasteiger partial charge in [-0.1, -0.05) is 122 Å². The zero-order valence-corrected chi connectivity index (χ0v) is 33.9. The minimum atomic E-state index is -2.21. The third-order valence-electron chi connectivity index (χ3n) is 9.92. The standard InChI is InChI=1S/C41H66N5O7P/c1-4-5-6-7-8-9-10-11-12-13-14-15-16-17-18-19-20-21-35(51-29-33-22-23-34(28-42)40(26-33)50-3)30-52-54(48)53-31-36(49-2)27-39(47)37-24-25-38-41(43)44-32-45-46(37)38/h22-26,32,35-36,39,47-48H,4-21,27,29-31H2,1-3H3,(H2,43,44,45). The fourth-order valence-corrected chi connectivity index (χ4v) is 7.26. The Bertz CT molecular complexity index is 1470. The van der Waals surface area contributed by atoms with Crippen molar-refractivity contribution in [2.75, 3.05) is 33.2 Å². The lowest BCUT2D eigenvalue weighted by Crippen LogP contribution is -2.22. The van der Waals surface area contributed by atoms with E-state index in [2.05, 4.69) is 23.1 Å². The molecule has 0 fully saturated rings. The molecule has 0 aliphatic heterocycles. The first-order chi connectivity index (χ1) is 26.4. The van der Waals surface area contributed by atoms with Crippen LogP contribution in [0.3, 0.4) is 0 Å². The molecule has 0 saturated carbocycles. The molecular formula is C41H66N5O7P. The monoisotopic (exact) mass is 771 g/mol. The van der Waals surface area contributed by atoms with Gasteiger partial charge in [0, 0.05) is 13.5 Å². The summed E-state index contributed by atoms with van der Waals surface area (Å²) in [6, 6.07) is 11.0. The Labute approximate surface area is 324 Å². The molecule has 0 aliphatic rings. The van der Waals surface area contributed by atoms with Crippen molar-refractivity contribution in [3.05, 3.63) is 53.5 Å². The first-order valence-electron chi connectivity index (χ1n) is 20.1. The lowest BCUT2D eigenvalue weighted by molar-refractivity contribution is -0.0102. The molecule has 54 heavy (non-hydrogen) atoms. The maximum atomic E-state index is 10.9. The number of fused-ring (bicyclic) bond motifs is 1. The number of hydrogen-bond acceptors (Lipinski definition) is 11. The molecule has 0 radical (unpaired) electrons. The van der Waals surface area contributed by atoms with Gasteiger partial charge in [-0.2, -0.15) is 10.4 Å². The van der Waals surface area contributed by atoms with Gasteiger partial charge in [0.1, 0.15) is 23.7 Å². The molecule has 4 N–H and O–H groups in total. The second-order valence-corrected chi connectivity index (χ2v) is 15.2. The predicted octanol–water partition coefficient (Wildman–Crippen LogP) is 9.51. The van der Waals surface area contributed by atoms with Crippen LogP contribution in [0.4, 0.5) is 5.82 Å². The highest BCUT2D eigenvalue weighted by Crippen LogP contribution is 2.35. The molecule has 3 rings (SSSR count). The van der Waals surface area contributed by atoms with Crippen molar-refractivity contribution in [1.29, 1.82) is 5.26 Å². The third-order valence-corrected chi connectivity index (χ3v) is 10.7. The summed E-state index contributed by atoms with van der Waals surface area (Å²) < 4.78 is 30.1. The number of aliphatic hydroxyl groups excluding tert-OH is 1. The summed E-state index contributed by atoms with van der Waals surface area (Å²) >= 11 is 0. The van der Waals surface area contributed by atoms with Gasteiger partial charge in [0.2, 0.25) is 0 Å². The van der Waals surface area contributed by atoms with Crippen molar-refractivity contribution in [3.63, 3.8) is 0 Å². The van der Waals surface area contributed by atoms with E-state index in [1.807, 2.05) is 12.1 Å². The van der Waals surface area contributed by atoms with E-state index in [0.717, 1.165) is 24.8 Å². The summed E-state index contributed by atoms with van der Waals surface area (Å²) in [7, 11) is 0.856. The van der Waals surface area contributed by atoms with Crippen molar-refractivity contribution < 1.29 is 33.3 Å². The number of aliphatic hydroxyl groups is 1. The van der Waals surface area contributed by atoms with Crippen LogP contribution in [0, 0.1) is 11.3 Å². The van der Waals surface area contributed by atoms with Gasteiger partial charge in [-0.25, -0.2) is 9.50 Å². The first kappa shape index (κ1) is 45.5. The number of unbranched alkanes of at least 4 members (excludes halogenated alkanes) is 16. The fraction of sp³-hybridized carbons (Fsp3) is 0.683. The number of ether oxygens (including phenoxy) is 3. The molecule has 0 saturated heterocycles. The van der Waals surface area contributed by atoms with E-state index < -0.39 is 20.8 Å². The van der Waals surface area contributed by atoms with Crippen LogP contribution in [-0.2, 0) is 25.1 Å². The van der Waals surface area contributed by atoms with Gasteiger partial charge in [0.15, 0.2) is 5.82 Å². The number of anilines is 1. The van der Waals surface area contributed by atoms with Crippen LogP contribution in [-0.4, -0.2) is 64.2 Å². The second kappa shape index (κ2) is 27.7. The molecule has 302 valence electrons. The summed E-state index contributed by atoms with van der Waals surface area (Å²) in [5.41, 5.74) is 8.43. The lowest BCUT2D eigenvalue weighted by atomic mass is 10.0. The van der Waals surface area contributed by atoms with E-state index in [9.17, 15) is 15.3 Å². The van der Waals surface area contributed by atoms with E-state index in [1.54, 1.807) is 29.8 Å². The van der Waals surface area contributed by atoms with Crippen LogP contribution in [0.5, 0.6) is 5.75 Å². The van der Waals surface area contributed by atoms with Crippen LogP contribution in [0.25, 0.3) is 5.52 Å². The summed E-state index contributed by atoms with van der Waals surface area (Å²) in [5.74, 6) is 0.828. The topological polar surface area (TPSA) is 167 Å². The number of hydrogen-bond donors (Lipinski definition) is 3. The molecule has 0 bridgehead atoms. The molecule has 2 aromatic heterocycles. The van der Waals surface area contributed by atoms with Crippen molar-refractivity contribution in [1.82, 2.24) is 14.6 Å². The zero-order valence-electron chi connectivity index (χ0n) is 33.0. The van der Waals surface area contributed by atoms with Gasteiger partial charge < -0.3 is 39.0 Å². The van der Waals surface area contributed by atoms with E-state index in [-0.39, 0.29) is 25.7 Å². The quantitative estimate of drug-likeness (QED) is 0.0409. The number of nitrogens with zero attached hydrogens (tertiary/aromatic N) is 4. The summed E-state index contributed by atoms with van der Waals surface area (Å²) in [5, 5.41) is 24.4. The number of rotatable bonds is 32. The molecule has 3 aromatic rings. The highest BCUT2D eigenvalue weighted by Gasteiger charge is 2.22. The highest BCUT2D eigenvalue weighted by atomic mass is 31.2. The normalized spacial score (nSPS) is 13.9. The number of nitrogen functional groups attached to an aromatic ring is 1. The lowest BCUT2D eigenvalue weighted by Gasteiger charge is -2.22. The fourth-order valence-electron chi connectivity index (χ4n) is 6.60. The van der Waals surface area contributed by atoms with E-state index in [1.165, 1.54) is 110 Å². The van der Waals surface area contributed by atoms with Crippen molar-refractivity contribution in [2.45, 2.75) is 154 Å². The van der Waals surface area contributed by atoms with Gasteiger partial charge in [0.05, 0.1) is 56.5 Å². The van der Waals surface area contributed by atoms with Gasteiger partial charge >= 0.3 is 8.60 Å². The molecular weight excluding hydrogens is 705 g/mol. The minimum Gasteiger partial charge on any atom is -0.495 e. The second-order valence-electron chi connectivity index (χ2n) is 14.2. The molecule has 0 amide bonds. The highest BCUT2D eigenvalue weighted by molar-refractivity contribution is 7.40. The van der Waals surface area contributed by atoms with Gasteiger partial charge in [-0.3, -0.25) is 0 Å².